The second-order valence-electron chi connectivity index (χ2n) is 2.91. The molecule has 0 saturated heterocycles. The molecule has 10 heavy (non-hydrogen) atoms. The summed E-state index contributed by atoms with van der Waals surface area (Å²) in [6.45, 7) is 6.80. The van der Waals surface area contributed by atoms with Gasteiger partial charge >= 0.3 is 0 Å². The van der Waals surface area contributed by atoms with Crippen molar-refractivity contribution in [3.05, 3.63) is 5.92 Å². The zero-order valence-corrected chi connectivity index (χ0v) is 7.74. The number of hydrogen-bond donors (Lipinski definition) is 0. The smallest absolute Gasteiger partial charge is 0.0560 e. The van der Waals surface area contributed by atoms with Crippen LogP contribution in [0.15, 0.2) is 0 Å². The van der Waals surface area contributed by atoms with Crippen molar-refractivity contribution in [1.82, 2.24) is 0 Å². The van der Waals surface area contributed by atoms with Crippen LogP contribution in [0.3, 0.4) is 0 Å². The summed E-state index contributed by atoms with van der Waals surface area (Å²) in [6, 6.07) is 0. The standard InChI is InChI=1S/C10H21/c1-4-7-8-9-10(5-2)6-3/h4-9H2,1-3H3/q-1. The summed E-state index contributed by atoms with van der Waals surface area (Å²) in [5.74, 6) is 1.74. The van der Waals surface area contributed by atoms with Crippen LogP contribution in [0.5, 0.6) is 0 Å². The minimum Gasteiger partial charge on any atom is -0.314 e. The average molecular weight is 141 g/mol. The predicted octanol–water partition coefficient (Wildman–Crippen LogP) is 3.96. The Morgan fingerprint density at radius 1 is 0.900 bits per heavy atom. The van der Waals surface area contributed by atoms with Crippen LogP contribution in [0.25, 0.3) is 0 Å². The zero-order valence-electron chi connectivity index (χ0n) is 7.74. The van der Waals surface area contributed by atoms with Gasteiger partial charge in [-0.15, -0.1) is 0 Å². The summed E-state index contributed by atoms with van der Waals surface area (Å²) < 4.78 is 0. The van der Waals surface area contributed by atoms with E-state index in [9.17, 15) is 0 Å². The van der Waals surface area contributed by atoms with Crippen molar-refractivity contribution in [2.45, 2.75) is 59.3 Å². The van der Waals surface area contributed by atoms with Gasteiger partial charge in [-0.3, -0.25) is 0 Å². The second kappa shape index (κ2) is 7.11. The molecule has 0 aliphatic rings. The Morgan fingerprint density at radius 3 is 1.90 bits per heavy atom. The highest BCUT2D eigenvalue weighted by atomic mass is 14.1. The predicted molar refractivity (Wildman–Crippen MR) is 48.0 cm³/mol. The number of hydrogen-bond acceptors (Lipinski definition) is 0. The minimum absolute atomic E-state index is 1.29. The molecule has 0 aromatic carbocycles. The van der Waals surface area contributed by atoms with Gasteiger partial charge in [-0.1, -0.05) is 40.0 Å². The summed E-state index contributed by atoms with van der Waals surface area (Å²) in [5, 5.41) is 0. The van der Waals surface area contributed by atoms with Gasteiger partial charge in [-0.2, -0.15) is 19.3 Å². The largest absolute Gasteiger partial charge is 0.314 e. The van der Waals surface area contributed by atoms with Crippen molar-refractivity contribution in [1.29, 1.82) is 0 Å². The van der Waals surface area contributed by atoms with Crippen LogP contribution in [-0.2, 0) is 0 Å². The molecule has 0 unspecified atom stereocenters. The molecular weight excluding hydrogens is 120 g/mol. The maximum Gasteiger partial charge on any atom is -0.0560 e. The van der Waals surface area contributed by atoms with E-state index >= 15 is 0 Å². The van der Waals surface area contributed by atoms with E-state index in [0.29, 0.717) is 0 Å². The average Bonchev–Trinajstić information content (AvgIpc) is 1.99. The van der Waals surface area contributed by atoms with E-state index in [4.69, 9.17) is 0 Å². The fourth-order valence-corrected chi connectivity index (χ4v) is 1.23. The molecule has 0 aromatic heterocycles. The van der Waals surface area contributed by atoms with Gasteiger partial charge in [0.2, 0.25) is 0 Å². The Labute approximate surface area is 66.0 Å². The zero-order chi connectivity index (χ0) is 7.82. The Kier molecular flexibility index (Phi) is 7.11. The molecule has 0 heterocycles. The van der Waals surface area contributed by atoms with Crippen LogP contribution in [-0.4, -0.2) is 0 Å². The number of unbranched alkanes of at least 4 members (excludes halogenated alkanes) is 2. The normalized spacial score (nSPS) is 10.8. The van der Waals surface area contributed by atoms with Gasteiger partial charge in [0.25, 0.3) is 0 Å². The van der Waals surface area contributed by atoms with Gasteiger partial charge < -0.3 is 5.92 Å². The first-order valence-electron chi connectivity index (χ1n) is 4.68. The van der Waals surface area contributed by atoms with Crippen LogP contribution in [0.1, 0.15) is 59.3 Å². The van der Waals surface area contributed by atoms with E-state index in [2.05, 4.69) is 20.8 Å². The molecule has 0 aromatic rings. The Bertz CT molecular complexity index is 53.1. The van der Waals surface area contributed by atoms with Gasteiger partial charge in [0, 0.05) is 0 Å². The van der Waals surface area contributed by atoms with Gasteiger partial charge in [-0.25, -0.2) is 0 Å². The van der Waals surface area contributed by atoms with Crippen molar-refractivity contribution >= 4 is 0 Å². The first-order valence-corrected chi connectivity index (χ1v) is 4.68. The molecule has 0 heteroatoms. The third-order valence-corrected chi connectivity index (χ3v) is 2.13. The summed E-state index contributed by atoms with van der Waals surface area (Å²) in [6.07, 6.45) is 8.12. The lowest BCUT2D eigenvalue weighted by atomic mass is 9.96. The third kappa shape index (κ3) is 4.84. The maximum atomic E-state index is 2.27. The molecule has 0 rings (SSSR count). The van der Waals surface area contributed by atoms with E-state index in [0.717, 1.165) is 0 Å². The van der Waals surface area contributed by atoms with E-state index in [-0.39, 0.29) is 0 Å². The second-order valence-corrected chi connectivity index (χ2v) is 2.91. The van der Waals surface area contributed by atoms with Crippen molar-refractivity contribution < 1.29 is 0 Å². The summed E-state index contributed by atoms with van der Waals surface area (Å²) in [4.78, 5) is 0. The van der Waals surface area contributed by atoms with Crippen LogP contribution >= 0.6 is 0 Å². The fourth-order valence-electron chi connectivity index (χ4n) is 1.23. The molecule has 62 valence electrons. The monoisotopic (exact) mass is 141 g/mol. The van der Waals surface area contributed by atoms with Gasteiger partial charge in [-0.05, 0) is 0 Å². The Balaban J connectivity index is 3.09. The topological polar surface area (TPSA) is 0 Å². The fraction of sp³-hybridized carbons (Fsp3) is 0.900. The lowest BCUT2D eigenvalue weighted by Gasteiger charge is -2.25. The molecule has 0 aliphatic heterocycles. The molecule has 0 N–H and O–H groups in total. The Morgan fingerprint density at radius 2 is 1.50 bits per heavy atom. The number of rotatable bonds is 6. The van der Waals surface area contributed by atoms with Crippen LogP contribution in [0.4, 0.5) is 0 Å². The molecule has 0 bridgehead atoms. The van der Waals surface area contributed by atoms with Crippen molar-refractivity contribution in [2.75, 3.05) is 0 Å². The quantitative estimate of drug-likeness (QED) is 0.388. The molecule has 0 atom stereocenters. The van der Waals surface area contributed by atoms with Gasteiger partial charge in [0.15, 0.2) is 0 Å². The minimum atomic E-state index is 1.29. The first-order chi connectivity index (χ1) is 4.85. The van der Waals surface area contributed by atoms with Crippen LogP contribution in [0, 0.1) is 5.92 Å². The van der Waals surface area contributed by atoms with Crippen LogP contribution < -0.4 is 0 Å². The summed E-state index contributed by atoms with van der Waals surface area (Å²) in [5.41, 5.74) is 0. The highest BCUT2D eigenvalue weighted by molar-refractivity contribution is 4.85. The molecule has 0 fully saturated rings. The van der Waals surface area contributed by atoms with Gasteiger partial charge in [0.1, 0.15) is 0 Å². The summed E-state index contributed by atoms with van der Waals surface area (Å²) >= 11 is 0. The first kappa shape index (κ1) is 10.0. The highest BCUT2D eigenvalue weighted by Crippen LogP contribution is 2.18. The molecule has 0 nitrogen and oxygen atoms in total. The maximum absolute atomic E-state index is 2.27. The highest BCUT2D eigenvalue weighted by Gasteiger charge is 1.87. The van der Waals surface area contributed by atoms with Gasteiger partial charge in [0.05, 0.1) is 0 Å². The molecule has 0 amide bonds. The molecule has 0 aliphatic carbocycles. The van der Waals surface area contributed by atoms with Crippen molar-refractivity contribution in [2.24, 2.45) is 0 Å². The van der Waals surface area contributed by atoms with E-state index in [1.807, 2.05) is 0 Å². The van der Waals surface area contributed by atoms with E-state index in [1.54, 1.807) is 5.92 Å². The lowest BCUT2D eigenvalue weighted by molar-refractivity contribution is 0.624. The molecule has 0 spiro atoms. The van der Waals surface area contributed by atoms with Crippen molar-refractivity contribution in [3.63, 3.8) is 0 Å². The van der Waals surface area contributed by atoms with E-state index < -0.39 is 0 Å². The van der Waals surface area contributed by atoms with Crippen molar-refractivity contribution in [3.8, 4) is 0 Å². The molecular formula is C10H21-. The molecule has 0 saturated carbocycles. The van der Waals surface area contributed by atoms with E-state index in [1.165, 1.54) is 38.5 Å². The summed E-state index contributed by atoms with van der Waals surface area (Å²) in [7, 11) is 0. The SMILES string of the molecule is CCCCC[C-](CC)CC. The molecule has 0 radical (unpaired) electrons. The lowest BCUT2D eigenvalue weighted by Crippen LogP contribution is -1.92. The third-order valence-electron chi connectivity index (χ3n) is 2.13. The Hall–Kier alpha value is 0. The van der Waals surface area contributed by atoms with Crippen LogP contribution in [0.2, 0.25) is 0 Å².